The highest BCUT2D eigenvalue weighted by atomic mass is 35.5. The lowest BCUT2D eigenvalue weighted by Crippen LogP contribution is -2.55. The Morgan fingerprint density at radius 3 is 2.68 bits per heavy atom. The molecule has 1 saturated heterocycles. The molecule has 0 bridgehead atoms. The number of hydrogen-bond donors (Lipinski definition) is 6. The number of carbonyl (C=O) groups is 2. The molecule has 0 aromatic carbocycles. The molecule has 2 amide bonds. The topological polar surface area (TPSA) is 242 Å². The summed E-state index contributed by atoms with van der Waals surface area (Å²) in [7, 11) is 0. The van der Waals surface area contributed by atoms with Crippen LogP contribution in [0.3, 0.4) is 0 Å². The number of thiazole rings is 1. The Morgan fingerprint density at radius 1 is 1.24 bits per heavy atom. The summed E-state index contributed by atoms with van der Waals surface area (Å²) in [6.45, 7) is 3.85. The number of rotatable bonds is 4. The van der Waals surface area contributed by atoms with Gasteiger partial charge in [0.2, 0.25) is 11.8 Å². The fraction of sp³-hybridized carbons (Fsp3) is 0.409. The molecule has 1 aromatic heterocycles. The van der Waals surface area contributed by atoms with Crippen molar-refractivity contribution in [2.45, 2.75) is 31.3 Å². The van der Waals surface area contributed by atoms with E-state index < -0.39 is 17.5 Å². The van der Waals surface area contributed by atoms with Gasteiger partial charge in [-0.2, -0.15) is 0 Å². The van der Waals surface area contributed by atoms with Crippen LogP contribution in [0.25, 0.3) is 5.57 Å². The van der Waals surface area contributed by atoms with Crippen molar-refractivity contribution in [1.29, 1.82) is 0 Å². The summed E-state index contributed by atoms with van der Waals surface area (Å²) in [6.07, 6.45) is 6.92. The zero-order valence-corrected chi connectivity index (χ0v) is 23.5. The Morgan fingerprint density at radius 2 is 2.00 bits per heavy atom. The molecular formula is C22H28ClN15O2S. The summed E-state index contributed by atoms with van der Waals surface area (Å²) in [6, 6.07) is -1.16. The lowest BCUT2D eigenvalue weighted by atomic mass is 9.88. The number of hydrogen-bond acceptors (Lipinski definition) is 14. The minimum absolute atomic E-state index is 0.0520. The number of likely N-dealkylation sites (tertiary alicyclic amines) is 1. The smallest absolute Gasteiger partial charge is 0.265 e. The summed E-state index contributed by atoms with van der Waals surface area (Å²) in [5, 5.41) is 24.3. The second kappa shape index (κ2) is 11.6. The molecule has 0 saturated carbocycles. The number of aryl methyl sites for hydroxylation is 1. The van der Waals surface area contributed by atoms with Gasteiger partial charge in [0.25, 0.3) is 11.8 Å². The molecule has 0 aliphatic carbocycles. The lowest BCUT2D eigenvalue weighted by molar-refractivity contribution is -0.120. The maximum atomic E-state index is 13.4. The van der Waals surface area contributed by atoms with E-state index in [1.54, 1.807) is 0 Å². The van der Waals surface area contributed by atoms with E-state index in [4.69, 9.17) is 34.1 Å². The minimum Gasteiger partial charge on any atom is -0.387 e. The number of amidine groups is 1. The van der Waals surface area contributed by atoms with Gasteiger partial charge < -0.3 is 27.2 Å². The van der Waals surface area contributed by atoms with Crippen molar-refractivity contribution >= 4 is 52.1 Å². The maximum absolute atomic E-state index is 13.4. The molecule has 4 aliphatic heterocycles. The Bertz CT molecular complexity index is 1450. The zero-order valence-electron chi connectivity index (χ0n) is 21.9. The summed E-state index contributed by atoms with van der Waals surface area (Å²) in [4.78, 5) is 42.4. The Kier molecular flexibility index (Phi) is 7.95. The first-order chi connectivity index (χ1) is 19.7. The van der Waals surface area contributed by atoms with Gasteiger partial charge in [-0.1, -0.05) is 28.1 Å². The van der Waals surface area contributed by atoms with Gasteiger partial charge in [0.1, 0.15) is 9.88 Å². The van der Waals surface area contributed by atoms with Gasteiger partial charge in [-0.15, -0.1) is 21.6 Å². The van der Waals surface area contributed by atoms with E-state index in [0.29, 0.717) is 49.6 Å². The highest BCUT2D eigenvalue weighted by Crippen LogP contribution is 2.33. The molecule has 216 valence electrons. The Labute approximate surface area is 243 Å². The highest BCUT2D eigenvalue weighted by Gasteiger charge is 2.43. The SMILES string of the molecule is Cc1nc(C2=CC=CNC2)sc1C(=O)N1CCC2(CC1)CN(N)C(NC(=O)C1NC(Cl)=C(N=NN)N=C1N=NN)=N2. The van der Waals surface area contributed by atoms with Crippen LogP contribution in [0.5, 0.6) is 0 Å². The third-order valence-corrected chi connectivity index (χ3v) is 8.39. The van der Waals surface area contributed by atoms with Gasteiger partial charge in [-0.3, -0.25) is 19.9 Å². The van der Waals surface area contributed by atoms with Gasteiger partial charge >= 0.3 is 0 Å². The predicted octanol–water partition coefficient (Wildman–Crippen LogP) is -0.0244. The number of nitrogens with one attached hydrogen (secondary N) is 3. The van der Waals surface area contributed by atoms with Gasteiger partial charge in [0.15, 0.2) is 17.0 Å². The second-order valence-corrected chi connectivity index (χ2v) is 10.9. The molecule has 1 spiro atoms. The quantitative estimate of drug-likeness (QED) is 0.117. The number of dihydropyridines is 1. The number of halogens is 1. The van der Waals surface area contributed by atoms with E-state index in [1.807, 2.05) is 30.2 Å². The summed E-state index contributed by atoms with van der Waals surface area (Å²) in [5.74, 6) is 15.8. The third-order valence-electron chi connectivity index (χ3n) is 6.89. The van der Waals surface area contributed by atoms with Gasteiger partial charge in [-0.25, -0.2) is 20.8 Å². The zero-order chi connectivity index (χ0) is 29.1. The Balaban J connectivity index is 1.24. The number of aromatic nitrogens is 1. The number of nitrogens with zero attached hydrogens (tertiary/aromatic N) is 9. The van der Waals surface area contributed by atoms with Crippen LogP contribution in [-0.4, -0.2) is 76.3 Å². The lowest BCUT2D eigenvalue weighted by Gasteiger charge is -2.37. The number of allylic oxidation sites excluding steroid dienone is 2. The first kappa shape index (κ1) is 28.1. The summed E-state index contributed by atoms with van der Waals surface area (Å²) < 4.78 is 0. The number of hydrazine groups is 1. The van der Waals surface area contributed by atoms with Crippen LogP contribution < -0.4 is 33.5 Å². The molecule has 19 heteroatoms. The van der Waals surface area contributed by atoms with Crippen LogP contribution in [0.2, 0.25) is 0 Å². The van der Waals surface area contributed by atoms with E-state index in [9.17, 15) is 9.59 Å². The molecule has 9 N–H and O–H groups in total. The average Bonchev–Trinajstić information content (AvgIpc) is 3.50. The summed E-state index contributed by atoms with van der Waals surface area (Å²) >= 11 is 7.53. The summed E-state index contributed by atoms with van der Waals surface area (Å²) in [5.41, 5.74) is 1.19. The van der Waals surface area contributed by atoms with E-state index in [0.717, 1.165) is 10.6 Å². The molecule has 17 nitrogen and oxygen atoms in total. The second-order valence-electron chi connectivity index (χ2n) is 9.55. The normalized spacial score (nSPS) is 22.1. The largest absolute Gasteiger partial charge is 0.387 e. The number of carbonyl (C=O) groups excluding carboxylic acids is 2. The van der Waals surface area contributed by atoms with Crippen molar-refractivity contribution < 1.29 is 9.59 Å². The van der Waals surface area contributed by atoms with Crippen molar-refractivity contribution in [3.8, 4) is 0 Å². The minimum atomic E-state index is -1.16. The van der Waals surface area contributed by atoms with Crippen molar-refractivity contribution in [2.75, 3.05) is 26.2 Å². The van der Waals surface area contributed by atoms with Crippen LogP contribution in [0.1, 0.15) is 33.2 Å². The van der Waals surface area contributed by atoms with E-state index >= 15 is 0 Å². The number of piperidine rings is 1. The Hall–Kier alpha value is -4.42. The monoisotopic (exact) mass is 601 g/mol. The fourth-order valence-electron chi connectivity index (χ4n) is 4.80. The molecule has 1 atom stereocenters. The molecule has 4 aliphatic rings. The fourth-order valence-corrected chi connectivity index (χ4v) is 6.04. The van der Waals surface area contributed by atoms with E-state index in [2.05, 4.69) is 46.6 Å². The molecule has 5 heterocycles. The van der Waals surface area contributed by atoms with Gasteiger partial charge in [-0.05, 0) is 32.0 Å². The molecule has 5 rings (SSSR count). The van der Waals surface area contributed by atoms with Gasteiger partial charge in [0, 0.05) is 25.2 Å². The predicted molar refractivity (Wildman–Crippen MR) is 152 cm³/mol. The van der Waals surface area contributed by atoms with Crippen LogP contribution in [0, 0.1) is 6.92 Å². The standard InChI is InChI=1S/C22H28ClN15O2S/c1-11-14(41-19(28-11)12-3-2-6-27-9-12)20(40)37-7-4-22(5-8-37)10-38(26)21(32-22)31-18(39)13-16(33-35-24)30-17(34-36-25)15(23)29-13/h2-3,6,13,27,29H,4-5,7-10,26H2,1H3,(H2,25,34)(H2,24,30,33)(H,31,32,39). The van der Waals surface area contributed by atoms with E-state index in [-0.39, 0.29) is 28.7 Å². The molecule has 1 fully saturated rings. The van der Waals surface area contributed by atoms with Crippen LogP contribution in [0.4, 0.5) is 0 Å². The van der Waals surface area contributed by atoms with Crippen LogP contribution in [-0.2, 0) is 4.79 Å². The molecule has 1 aromatic rings. The maximum Gasteiger partial charge on any atom is 0.265 e. The highest BCUT2D eigenvalue weighted by molar-refractivity contribution is 7.14. The number of aliphatic imine (C=N–C) groups is 2. The first-order valence-electron chi connectivity index (χ1n) is 12.5. The number of nitrogens with two attached hydrogens (primary N) is 3. The number of guanidine groups is 1. The number of amides is 2. The first-order valence-corrected chi connectivity index (χ1v) is 13.7. The van der Waals surface area contributed by atoms with Crippen molar-refractivity contribution in [3.63, 3.8) is 0 Å². The van der Waals surface area contributed by atoms with Crippen LogP contribution in [0.15, 0.2) is 60.0 Å². The molecule has 0 radical (unpaired) electrons. The van der Waals surface area contributed by atoms with Crippen molar-refractivity contribution in [2.24, 2.45) is 48.2 Å². The molecular weight excluding hydrogens is 574 g/mol. The van der Waals surface area contributed by atoms with Crippen molar-refractivity contribution in [1.82, 2.24) is 30.8 Å². The van der Waals surface area contributed by atoms with Gasteiger partial charge in [0.05, 0.1) is 17.8 Å². The van der Waals surface area contributed by atoms with Crippen molar-refractivity contribution in [3.05, 3.63) is 44.9 Å². The molecule has 1 unspecified atom stereocenters. The third kappa shape index (κ3) is 5.74. The average molecular weight is 602 g/mol. The van der Waals surface area contributed by atoms with E-state index in [1.165, 1.54) is 16.3 Å². The van der Waals surface area contributed by atoms with Crippen LogP contribution >= 0.6 is 22.9 Å². The molecule has 41 heavy (non-hydrogen) atoms.